The number of ketones is 1. The first-order valence-electron chi connectivity index (χ1n) is 6.92. The first-order chi connectivity index (χ1) is 9.76. The summed E-state index contributed by atoms with van der Waals surface area (Å²) in [5.74, 6) is 2.44. The van der Waals surface area contributed by atoms with E-state index >= 15 is 0 Å². The number of carbonyl (C=O) groups excluding carboxylic acids is 1. The molecule has 4 heteroatoms. The summed E-state index contributed by atoms with van der Waals surface area (Å²) in [6, 6.07) is 6.13. The van der Waals surface area contributed by atoms with E-state index in [2.05, 4.69) is 24.0 Å². The van der Waals surface area contributed by atoms with Crippen LogP contribution < -0.4 is 0 Å². The van der Waals surface area contributed by atoms with Gasteiger partial charge in [0.1, 0.15) is 0 Å². The fourth-order valence-electron chi connectivity index (χ4n) is 2.31. The molecule has 0 saturated carbocycles. The van der Waals surface area contributed by atoms with Crippen LogP contribution in [0.2, 0.25) is 0 Å². The van der Waals surface area contributed by atoms with E-state index in [4.69, 9.17) is 0 Å². The molecule has 0 aliphatic carbocycles. The predicted molar refractivity (Wildman–Crippen MR) is 85.8 cm³/mol. The number of pyridine rings is 1. The standard InChI is InChI=1S/C16H17NOS2/c1-2-11-3-4-13(17-9-11)8-14(18)16-7-12-10-19-6-5-15(12)20-16/h3-4,7,9H,2,5-6,8,10H2,1H3. The van der Waals surface area contributed by atoms with Gasteiger partial charge in [0.25, 0.3) is 0 Å². The van der Waals surface area contributed by atoms with Crippen LogP contribution in [0.3, 0.4) is 0 Å². The summed E-state index contributed by atoms with van der Waals surface area (Å²) in [5.41, 5.74) is 3.45. The third-order valence-electron chi connectivity index (χ3n) is 3.54. The van der Waals surface area contributed by atoms with Crippen molar-refractivity contribution < 1.29 is 4.79 Å². The van der Waals surface area contributed by atoms with Crippen LogP contribution in [-0.2, 0) is 25.0 Å². The highest BCUT2D eigenvalue weighted by molar-refractivity contribution is 7.98. The largest absolute Gasteiger partial charge is 0.293 e. The van der Waals surface area contributed by atoms with Gasteiger partial charge in [-0.2, -0.15) is 11.8 Å². The van der Waals surface area contributed by atoms with E-state index in [9.17, 15) is 4.79 Å². The van der Waals surface area contributed by atoms with E-state index < -0.39 is 0 Å². The molecular weight excluding hydrogens is 286 g/mol. The Hall–Kier alpha value is -1.13. The monoisotopic (exact) mass is 303 g/mol. The Morgan fingerprint density at radius 3 is 3.00 bits per heavy atom. The topological polar surface area (TPSA) is 30.0 Å². The van der Waals surface area contributed by atoms with Gasteiger partial charge in [-0.15, -0.1) is 11.3 Å². The van der Waals surface area contributed by atoms with Crippen LogP contribution in [0.1, 0.15) is 38.3 Å². The number of thioether (sulfide) groups is 1. The Morgan fingerprint density at radius 2 is 2.30 bits per heavy atom. The molecule has 1 aliphatic rings. The molecule has 1 aliphatic heterocycles. The van der Waals surface area contributed by atoms with Gasteiger partial charge in [0.05, 0.1) is 11.3 Å². The molecule has 2 aromatic heterocycles. The van der Waals surface area contributed by atoms with E-state index in [0.29, 0.717) is 6.42 Å². The lowest BCUT2D eigenvalue weighted by atomic mass is 10.1. The number of fused-ring (bicyclic) bond motifs is 1. The molecular formula is C16H17NOS2. The van der Waals surface area contributed by atoms with Crippen molar-refractivity contribution in [2.24, 2.45) is 0 Å². The molecule has 0 unspecified atom stereocenters. The van der Waals surface area contributed by atoms with Gasteiger partial charge in [-0.3, -0.25) is 9.78 Å². The van der Waals surface area contributed by atoms with Crippen molar-refractivity contribution in [2.75, 3.05) is 5.75 Å². The van der Waals surface area contributed by atoms with Gasteiger partial charge in [-0.1, -0.05) is 13.0 Å². The van der Waals surface area contributed by atoms with Crippen LogP contribution in [0.15, 0.2) is 24.4 Å². The van der Waals surface area contributed by atoms with E-state index in [1.54, 1.807) is 11.3 Å². The average Bonchev–Trinajstić information content (AvgIpc) is 2.92. The Bertz CT molecular complexity index is 592. The fraction of sp³-hybridized carbons (Fsp3) is 0.375. The van der Waals surface area contributed by atoms with E-state index in [-0.39, 0.29) is 5.78 Å². The fourth-order valence-corrected chi connectivity index (χ4v) is 4.61. The zero-order valence-corrected chi connectivity index (χ0v) is 13.1. The van der Waals surface area contributed by atoms with Crippen LogP contribution >= 0.6 is 23.1 Å². The van der Waals surface area contributed by atoms with Crippen molar-refractivity contribution >= 4 is 28.9 Å². The second-order valence-corrected chi connectivity index (χ2v) is 7.21. The Labute approximate surface area is 127 Å². The second kappa shape index (κ2) is 6.10. The molecule has 2 aromatic rings. The van der Waals surface area contributed by atoms with Crippen LogP contribution in [0.4, 0.5) is 0 Å². The lowest BCUT2D eigenvalue weighted by molar-refractivity contribution is 0.0995. The van der Waals surface area contributed by atoms with Crippen molar-refractivity contribution in [3.63, 3.8) is 0 Å². The number of aryl methyl sites for hydroxylation is 2. The molecule has 3 heterocycles. The van der Waals surface area contributed by atoms with Crippen LogP contribution in [0.5, 0.6) is 0 Å². The van der Waals surface area contributed by atoms with Gasteiger partial charge in [0.15, 0.2) is 5.78 Å². The molecule has 0 bridgehead atoms. The van der Waals surface area contributed by atoms with Gasteiger partial charge in [-0.05, 0) is 41.9 Å². The van der Waals surface area contributed by atoms with Crippen molar-refractivity contribution in [1.29, 1.82) is 0 Å². The molecule has 0 aromatic carbocycles. The average molecular weight is 303 g/mol. The smallest absolute Gasteiger partial charge is 0.178 e. The van der Waals surface area contributed by atoms with E-state index in [0.717, 1.165) is 29.2 Å². The minimum absolute atomic E-state index is 0.200. The molecule has 0 N–H and O–H groups in total. The minimum atomic E-state index is 0.200. The molecule has 0 radical (unpaired) electrons. The number of hydrogen-bond donors (Lipinski definition) is 0. The second-order valence-electron chi connectivity index (χ2n) is 4.97. The van der Waals surface area contributed by atoms with Crippen molar-refractivity contribution in [1.82, 2.24) is 4.98 Å². The van der Waals surface area contributed by atoms with Crippen LogP contribution in [0, 0.1) is 0 Å². The van der Waals surface area contributed by atoms with Crippen molar-refractivity contribution in [3.05, 3.63) is 51.0 Å². The molecule has 20 heavy (non-hydrogen) atoms. The molecule has 104 valence electrons. The third-order valence-corrected chi connectivity index (χ3v) is 5.82. The third kappa shape index (κ3) is 2.96. The number of thiophene rings is 1. The summed E-state index contributed by atoms with van der Waals surface area (Å²) < 4.78 is 0. The Balaban J connectivity index is 1.73. The zero-order chi connectivity index (χ0) is 13.9. The quantitative estimate of drug-likeness (QED) is 0.802. The lowest BCUT2D eigenvalue weighted by Gasteiger charge is -2.08. The summed E-state index contributed by atoms with van der Waals surface area (Å²) in [5, 5.41) is 0. The van der Waals surface area contributed by atoms with Crippen LogP contribution in [-0.4, -0.2) is 16.5 Å². The highest BCUT2D eigenvalue weighted by atomic mass is 32.2. The van der Waals surface area contributed by atoms with Gasteiger partial charge >= 0.3 is 0 Å². The maximum Gasteiger partial charge on any atom is 0.178 e. The molecule has 0 fully saturated rings. The Morgan fingerprint density at radius 1 is 1.40 bits per heavy atom. The number of nitrogens with zero attached hydrogens (tertiary/aromatic N) is 1. The summed E-state index contributed by atoms with van der Waals surface area (Å²) >= 11 is 3.63. The maximum atomic E-state index is 12.3. The lowest BCUT2D eigenvalue weighted by Crippen LogP contribution is -2.03. The predicted octanol–water partition coefficient (Wildman–Crippen LogP) is 3.92. The Kier molecular flexibility index (Phi) is 4.22. The summed E-state index contributed by atoms with van der Waals surface area (Å²) in [4.78, 5) is 19.0. The SMILES string of the molecule is CCc1ccc(CC(=O)c2cc3c(s2)CCSC3)nc1. The highest BCUT2D eigenvalue weighted by Gasteiger charge is 2.17. The van der Waals surface area contributed by atoms with Gasteiger partial charge in [0.2, 0.25) is 0 Å². The summed E-state index contributed by atoms with van der Waals surface area (Å²) in [6.45, 7) is 2.11. The molecule has 3 rings (SSSR count). The number of aromatic nitrogens is 1. The van der Waals surface area contributed by atoms with Crippen molar-refractivity contribution in [2.45, 2.75) is 31.9 Å². The number of Topliss-reactive ketones (excluding diaryl/α,β-unsaturated/α-hetero) is 1. The zero-order valence-electron chi connectivity index (χ0n) is 11.5. The first kappa shape index (κ1) is 13.8. The summed E-state index contributed by atoms with van der Waals surface area (Å²) in [7, 11) is 0. The van der Waals surface area contributed by atoms with E-state index in [1.165, 1.54) is 21.8 Å². The van der Waals surface area contributed by atoms with Gasteiger partial charge < -0.3 is 0 Å². The van der Waals surface area contributed by atoms with Crippen LogP contribution in [0.25, 0.3) is 0 Å². The molecule has 2 nitrogen and oxygen atoms in total. The van der Waals surface area contributed by atoms with E-state index in [1.807, 2.05) is 24.0 Å². The molecule has 0 spiro atoms. The van der Waals surface area contributed by atoms with Gasteiger partial charge in [0, 0.05) is 22.5 Å². The number of carbonyl (C=O) groups is 1. The number of hydrogen-bond acceptors (Lipinski definition) is 4. The highest BCUT2D eigenvalue weighted by Crippen LogP contribution is 2.32. The maximum absolute atomic E-state index is 12.3. The minimum Gasteiger partial charge on any atom is -0.293 e. The summed E-state index contributed by atoms with van der Waals surface area (Å²) in [6.07, 6.45) is 4.38. The molecule has 0 saturated heterocycles. The molecule has 0 amide bonds. The van der Waals surface area contributed by atoms with Gasteiger partial charge in [-0.25, -0.2) is 0 Å². The normalized spacial score (nSPS) is 14.1. The molecule has 0 atom stereocenters. The first-order valence-corrected chi connectivity index (χ1v) is 8.89. The van der Waals surface area contributed by atoms with Crippen molar-refractivity contribution in [3.8, 4) is 0 Å². The number of rotatable bonds is 4.